The van der Waals surface area contributed by atoms with Gasteiger partial charge in [0.1, 0.15) is 5.76 Å². The third kappa shape index (κ3) is 4.12. The molecule has 0 amide bonds. The molecule has 9 nitrogen and oxygen atoms in total. The minimum Gasteiger partial charge on any atom is -0.379 e. The summed E-state index contributed by atoms with van der Waals surface area (Å²) in [6, 6.07) is 1.79. The summed E-state index contributed by atoms with van der Waals surface area (Å²) in [7, 11) is 0. The number of ether oxygens (including phenoxy) is 1. The molecule has 2 aromatic rings. The minimum absolute atomic E-state index is 0.485. The van der Waals surface area contributed by atoms with Crippen molar-refractivity contribution in [2.24, 2.45) is 0 Å². The maximum absolute atomic E-state index is 5.32. The molecule has 22 heavy (non-hydrogen) atoms. The molecular formula is C13H19N7O2. The standard InChI is InChI=1S/C13H19N7O2/c1-10-8-11(19-22-10)16-12-9-15-18-13(17-12)14-2-3-20-4-6-21-7-5-20/h8-9H,2-7H2,1H3,(H2,14,16,17,18,19). The molecule has 3 heterocycles. The van der Waals surface area contributed by atoms with E-state index in [9.17, 15) is 0 Å². The molecule has 0 radical (unpaired) electrons. The SMILES string of the molecule is Cc1cc(Nc2cnnc(NCCN3CCOCC3)n2)no1. The van der Waals surface area contributed by atoms with Gasteiger partial charge < -0.3 is 19.9 Å². The van der Waals surface area contributed by atoms with Gasteiger partial charge in [0.25, 0.3) is 0 Å². The second-order valence-electron chi connectivity index (χ2n) is 4.99. The van der Waals surface area contributed by atoms with Crippen molar-refractivity contribution in [2.45, 2.75) is 6.92 Å². The lowest BCUT2D eigenvalue weighted by molar-refractivity contribution is 0.0398. The van der Waals surface area contributed by atoms with Crippen LogP contribution in [0.5, 0.6) is 0 Å². The molecule has 3 rings (SSSR count). The summed E-state index contributed by atoms with van der Waals surface area (Å²) in [5, 5.41) is 17.9. The molecule has 1 fully saturated rings. The Morgan fingerprint density at radius 1 is 1.27 bits per heavy atom. The van der Waals surface area contributed by atoms with Crippen LogP contribution < -0.4 is 10.6 Å². The maximum Gasteiger partial charge on any atom is 0.244 e. The molecule has 1 aliphatic heterocycles. The topological polar surface area (TPSA) is 101 Å². The Morgan fingerprint density at radius 2 is 2.14 bits per heavy atom. The van der Waals surface area contributed by atoms with Gasteiger partial charge in [0.2, 0.25) is 5.95 Å². The van der Waals surface area contributed by atoms with E-state index in [1.54, 1.807) is 6.07 Å². The van der Waals surface area contributed by atoms with Crippen LogP contribution in [0.2, 0.25) is 0 Å². The van der Waals surface area contributed by atoms with Gasteiger partial charge in [-0.2, -0.15) is 10.1 Å². The van der Waals surface area contributed by atoms with Crippen LogP contribution >= 0.6 is 0 Å². The maximum atomic E-state index is 5.32. The molecule has 0 unspecified atom stereocenters. The lowest BCUT2D eigenvalue weighted by atomic mass is 10.4. The van der Waals surface area contributed by atoms with Crippen LogP contribution in [0.3, 0.4) is 0 Å². The Morgan fingerprint density at radius 3 is 2.91 bits per heavy atom. The first kappa shape index (κ1) is 14.7. The number of hydrogen-bond donors (Lipinski definition) is 2. The molecule has 2 N–H and O–H groups in total. The summed E-state index contributed by atoms with van der Waals surface area (Å²) in [6.45, 7) is 7.04. The predicted octanol–water partition coefficient (Wildman–Crippen LogP) is 0.656. The fraction of sp³-hybridized carbons (Fsp3) is 0.538. The molecular weight excluding hydrogens is 286 g/mol. The largest absolute Gasteiger partial charge is 0.379 e. The zero-order chi connectivity index (χ0) is 15.2. The summed E-state index contributed by atoms with van der Waals surface area (Å²) >= 11 is 0. The molecule has 0 bridgehead atoms. The van der Waals surface area contributed by atoms with Gasteiger partial charge in [0.05, 0.1) is 19.4 Å². The lowest BCUT2D eigenvalue weighted by Crippen LogP contribution is -2.39. The Balaban J connectivity index is 1.50. The van der Waals surface area contributed by atoms with E-state index in [1.165, 1.54) is 6.20 Å². The number of morpholine rings is 1. The first-order valence-corrected chi connectivity index (χ1v) is 7.23. The Bertz CT molecular complexity index is 598. The first-order valence-electron chi connectivity index (χ1n) is 7.23. The molecule has 9 heteroatoms. The van der Waals surface area contributed by atoms with Gasteiger partial charge in [-0.3, -0.25) is 4.90 Å². The highest BCUT2D eigenvalue weighted by molar-refractivity contribution is 5.51. The third-order valence-corrected chi connectivity index (χ3v) is 3.26. The van der Waals surface area contributed by atoms with Crippen molar-refractivity contribution in [3.05, 3.63) is 18.0 Å². The Kier molecular flexibility index (Phi) is 4.76. The summed E-state index contributed by atoms with van der Waals surface area (Å²) in [5.74, 6) is 2.38. The normalized spacial score (nSPS) is 15.7. The van der Waals surface area contributed by atoms with E-state index in [0.717, 1.165) is 45.2 Å². The van der Waals surface area contributed by atoms with Crippen molar-refractivity contribution in [3.8, 4) is 0 Å². The van der Waals surface area contributed by atoms with Crippen molar-refractivity contribution in [1.29, 1.82) is 0 Å². The third-order valence-electron chi connectivity index (χ3n) is 3.26. The van der Waals surface area contributed by atoms with Gasteiger partial charge in [-0.1, -0.05) is 5.16 Å². The van der Waals surface area contributed by atoms with Gasteiger partial charge in [-0.25, -0.2) is 0 Å². The quantitative estimate of drug-likeness (QED) is 0.796. The number of anilines is 3. The Labute approximate surface area is 128 Å². The van der Waals surface area contributed by atoms with Gasteiger partial charge >= 0.3 is 0 Å². The van der Waals surface area contributed by atoms with Crippen molar-refractivity contribution >= 4 is 17.6 Å². The van der Waals surface area contributed by atoms with Gasteiger partial charge in [-0.15, -0.1) is 5.10 Å². The van der Waals surface area contributed by atoms with Gasteiger partial charge in [0, 0.05) is 32.2 Å². The molecule has 1 aliphatic rings. The van der Waals surface area contributed by atoms with Crippen molar-refractivity contribution < 1.29 is 9.26 Å². The van der Waals surface area contributed by atoms with Crippen LogP contribution in [0, 0.1) is 6.92 Å². The van der Waals surface area contributed by atoms with Crippen LogP contribution in [-0.2, 0) is 4.74 Å². The average molecular weight is 305 g/mol. The highest BCUT2D eigenvalue weighted by atomic mass is 16.5. The van der Waals surface area contributed by atoms with E-state index in [2.05, 4.69) is 35.9 Å². The molecule has 0 aliphatic carbocycles. The lowest BCUT2D eigenvalue weighted by Gasteiger charge is -2.26. The number of aromatic nitrogens is 4. The monoisotopic (exact) mass is 305 g/mol. The number of aryl methyl sites for hydroxylation is 1. The number of hydrogen-bond acceptors (Lipinski definition) is 9. The van der Waals surface area contributed by atoms with Crippen molar-refractivity contribution in [1.82, 2.24) is 25.2 Å². The zero-order valence-electron chi connectivity index (χ0n) is 12.4. The molecule has 0 saturated carbocycles. The van der Waals surface area contributed by atoms with E-state index >= 15 is 0 Å². The molecule has 0 aromatic carbocycles. The van der Waals surface area contributed by atoms with Crippen molar-refractivity contribution in [3.63, 3.8) is 0 Å². The first-order chi connectivity index (χ1) is 10.8. The molecule has 0 spiro atoms. The second-order valence-corrected chi connectivity index (χ2v) is 4.99. The number of nitrogens with one attached hydrogen (secondary N) is 2. The molecule has 2 aromatic heterocycles. The number of nitrogens with zero attached hydrogens (tertiary/aromatic N) is 5. The predicted molar refractivity (Wildman–Crippen MR) is 80.1 cm³/mol. The van der Waals surface area contributed by atoms with Crippen LogP contribution in [0.4, 0.5) is 17.6 Å². The van der Waals surface area contributed by atoms with Gasteiger partial charge in [-0.05, 0) is 6.92 Å². The highest BCUT2D eigenvalue weighted by Gasteiger charge is 2.10. The highest BCUT2D eigenvalue weighted by Crippen LogP contribution is 2.13. The van der Waals surface area contributed by atoms with Gasteiger partial charge in [0.15, 0.2) is 11.6 Å². The van der Waals surface area contributed by atoms with Crippen LogP contribution in [0.1, 0.15) is 5.76 Å². The fourth-order valence-electron chi connectivity index (χ4n) is 2.15. The summed E-state index contributed by atoms with van der Waals surface area (Å²) < 4.78 is 10.3. The van der Waals surface area contributed by atoms with E-state index < -0.39 is 0 Å². The van der Waals surface area contributed by atoms with E-state index in [4.69, 9.17) is 9.26 Å². The summed E-state index contributed by atoms with van der Waals surface area (Å²) in [6.07, 6.45) is 1.54. The Hall–Kier alpha value is -2.26. The van der Waals surface area contributed by atoms with E-state index in [0.29, 0.717) is 17.6 Å². The zero-order valence-corrected chi connectivity index (χ0v) is 12.4. The molecule has 1 saturated heterocycles. The molecule has 0 atom stereocenters. The fourth-order valence-corrected chi connectivity index (χ4v) is 2.15. The van der Waals surface area contributed by atoms with Crippen LogP contribution in [0.15, 0.2) is 16.8 Å². The molecule has 118 valence electrons. The van der Waals surface area contributed by atoms with E-state index in [-0.39, 0.29) is 0 Å². The summed E-state index contributed by atoms with van der Waals surface area (Å²) in [5.41, 5.74) is 0. The van der Waals surface area contributed by atoms with Crippen LogP contribution in [0.25, 0.3) is 0 Å². The minimum atomic E-state index is 0.485. The smallest absolute Gasteiger partial charge is 0.244 e. The van der Waals surface area contributed by atoms with Crippen LogP contribution in [-0.4, -0.2) is 64.6 Å². The van der Waals surface area contributed by atoms with Crippen molar-refractivity contribution in [2.75, 3.05) is 50.0 Å². The summed E-state index contributed by atoms with van der Waals surface area (Å²) in [4.78, 5) is 6.68. The van der Waals surface area contributed by atoms with E-state index in [1.807, 2.05) is 6.92 Å². The number of rotatable bonds is 6. The second kappa shape index (κ2) is 7.14. The average Bonchev–Trinajstić information content (AvgIpc) is 2.94.